The number of benzene rings is 2. The molecule has 2 N–H and O–H groups in total. The number of rotatable bonds is 7. The largest absolute Gasteiger partial charge is 0.573 e. The molecule has 4 rings (SSSR count). The lowest BCUT2D eigenvalue weighted by atomic mass is 10.2. The topological polar surface area (TPSA) is 90.8 Å². The predicted molar refractivity (Wildman–Crippen MR) is 112 cm³/mol. The van der Waals surface area contributed by atoms with E-state index in [0.717, 1.165) is 10.9 Å². The van der Waals surface area contributed by atoms with Gasteiger partial charge in [-0.2, -0.15) is 4.52 Å². The minimum Gasteiger partial charge on any atom is -0.494 e. The molecule has 4 aromatic rings. The monoisotopic (exact) mass is 446 g/mol. The quantitative estimate of drug-likeness (QED) is 0.462. The molecule has 8 nitrogen and oxygen atoms in total. The first-order valence-corrected chi connectivity index (χ1v) is 9.82. The van der Waals surface area contributed by atoms with E-state index in [4.69, 9.17) is 10.5 Å². The van der Waals surface area contributed by atoms with Gasteiger partial charge in [0.2, 0.25) is 5.95 Å². The fourth-order valence-electron chi connectivity index (χ4n) is 3.43. The Morgan fingerprint density at radius 1 is 1.06 bits per heavy atom. The Balaban J connectivity index is 1.56. The molecule has 0 bridgehead atoms. The van der Waals surface area contributed by atoms with Crippen LogP contribution in [0.2, 0.25) is 0 Å². The first-order chi connectivity index (χ1) is 15.3. The standard InChI is InChI=1S/C21H21F3N6O2/c1-3-29(11-13-7-9-14(10-8-13)32-21(22,23)24)12-17-26-19-15-5-4-6-16(31-2)18(15)27-20(25)30(19)28-17/h4-10H,3,11-12H2,1-2H3,(H2,25,27). The molecule has 0 amide bonds. The van der Waals surface area contributed by atoms with Crippen LogP contribution in [0.5, 0.6) is 11.5 Å². The molecular weight excluding hydrogens is 425 g/mol. The number of nitrogens with two attached hydrogens (primary N) is 1. The number of fused-ring (bicyclic) bond motifs is 3. The molecule has 0 aliphatic rings. The van der Waals surface area contributed by atoms with E-state index < -0.39 is 6.36 Å². The van der Waals surface area contributed by atoms with Crippen molar-refractivity contribution >= 4 is 22.5 Å². The maximum Gasteiger partial charge on any atom is 0.573 e. The molecule has 0 radical (unpaired) electrons. The molecule has 0 aliphatic carbocycles. The van der Waals surface area contributed by atoms with Crippen molar-refractivity contribution < 1.29 is 22.6 Å². The summed E-state index contributed by atoms with van der Waals surface area (Å²) in [5.74, 6) is 1.08. The van der Waals surface area contributed by atoms with Crippen molar-refractivity contribution in [1.82, 2.24) is 24.5 Å². The van der Waals surface area contributed by atoms with E-state index >= 15 is 0 Å². The molecule has 0 fully saturated rings. The molecule has 0 aliphatic heterocycles. The van der Waals surface area contributed by atoms with Crippen LogP contribution in [0, 0.1) is 0 Å². The Bertz CT molecular complexity index is 1240. The van der Waals surface area contributed by atoms with E-state index in [0.29, 0.717) is 42.4 Å². The Hall–Kier alpha value is -3.60. The molecule has 2 heterocycles. The van der Waals surface area contributed by atoms with Crippen molar-refractivity contribution in [2.75, 3.05) is 19.4 Å². The fourth-order valence-corrected chi connectivity index (χ4v) is 3.43. The highest BCUT2D eigenvalue weighted by Gasteiger charge is 2.31. The zero-order valence-electron chi connectivity index (χ0n) is 17.4. The summed E-state index contributed by atoms with van der Waals surface area (Å²) in [6.07, 6.45) is -4.71. The number of anilines is 1. The average Bonchev–Trinajstić information content (AvgIpc) is 3.18. The number of halogens is 3. The number of hydrogen-bond donors (Lipinski definition) is 1. The second-order valence-electron chi connectivity index (χ2n) is 7.08. The van der Waals surface area contributed by atoms with Gasteiger partial charge in [0.05, 0.1) is 13.7 Å². The average molecular weight is 446 g/mol. The SMILES string of the molecule is CCN(Cc1ccc(OC(F)(F)F)cc1)Cc1nc2c3cccc(OC)c3nc(N)n2n1. The number of nitrogen functional groups attached to an aromatic ring is 1. The van der Waals surface area contributed by atoms with Gasteiger partial charge in [-0.05, 0) is 36.4 Å². The number of alkyl halides is 3. The highest BCUT2D eigenvalue weighted by atomic mass is 19.4. The van der Waals surface area contributed by atoms with Crippen molar-refractivity contribution in [1.29, 1.82) is 0 Å². The van der Waals surface area contributed by atoms with E-state index in [1.54, 1.807) is 25.3 Å². The second kappa shape index (κ2) is 8.50. The van der Waals surface area contributed by atoms with Crippen LogP contribution in [0.1, 0.15) is 18.3 Å². The number of methoxy groups -OCH3 is 1. The Labute approximate surface area is 181 Å². The summed E-state index contributed by atoms with van der Waals surface area (Å²) in [6, 6.07) is 11.3. The predicted octanol–water partition coefficient (Wildman–Crippen LogP) is 3.79. The Morgan fingerprint density at radius 3 is 2.47 bits per heavy atom. The van der Waals surface area contributed by atoms with Crippen LogP contribution in [0.15, 0.2) is 42.5 Å². The first-order valence-electron chi connectivity index (χ1n) is 9.82. The molecule has 0 saturated heterocycles. The van der Waals surface area contributed by atoms with Gasteiger partial charge in [0.15, 0.2) is 11.5 Å². The zero-order chi connectivity index (χ0) is 22.9. The summed E-state index contributed by atoms with van der Waals surface area (Å²) in [5.41, 5.74) is 8.11. The van der Waals surface area contributed by atoms with E-state index in [1.807, 2.05) is 19.1 Å². The van der Waals surface area contributed by atoms with Crippen LogP contribution in [0.3, 0.4) is 0 Å². The lowest BCUT2D eigenvalue weighted by molar-refractivity contribution is -0.274. The highest BCUT2D eigenvalue weighted by Crippen LogP contribution is 2.28. The third-order valence-corrected chi connectivity index (χ3v) is 4.93. The van der Waals surface area contributed by atoms with Crippen molar-refractivity contribution in [2.45, 2.75) is 26.4 Å². The van der Waals surface area contributed by atoms with Gasteiger partial charge in [0.25, 0.3) is 0 Å². The van der Waals surface area contributed by atoms with Crippen molar-refractivity contribution in [3.63, 3.8) is 0 Å². The molecule has 0 unspecified atom stereocenters. The van der Waals surface area contributed by atoms with E-state index in [2.05, 4.69) is 24.7 Å². The van der Waals surface area contributed by atoms with Gasteiger partial charge in [-0.15, -0.1) is 18.3 Å². The van der Waals surface area contributed by atoms with Crippen LogP contribution in [-0.4, -0.2) is 44.5 Å². The van der Waals surface area contributed by atoms with Gasteiger partial charge in [-0.3, -0.25) is 4.90 Å². The number of para-hydroxylation sites is 1. The van der Waals surface area contributed by atoms with E-state index in [-0.39, 0.29) is 11.7 Å². The highest BCUT2D eigenvalue weighted by molar-refractivity contribution is 5.95. The number of nitrogens with zero attached hydrogens (tertiary/aromatic N) is 5. The molecular formula is C21H21F3N6O2. The van der Waals surface area contributed by atoms with Crippen molar-refractivity contribution in [2.24, 2.45) is 0 Å². The Kier molecular flexibility index (Phi) is 5.74. The van der Waals surface area contributed by atoms with Crippen LogP contribution >= 0.6 is 0 Å². The lowest BCUT2D eigenvalue weighted by Gasteiger charge is -2.19. The van der Waals surface area contributed by atoms with Gasteiger partial charge < -0.3 is 15.2 Å². The second-order valence-corrected chi connectivity index (χ2v) is 7.08. The molecule has 32 heavy (non-hydrogen) atoms. The van der Waals surface area contributed by atoms with Crippen LogP contribution in [0.4, 0.5) is 19.1 Å². The van der Waals surface area contributed by atoms with Gasteiger partial charge in [-0.25, -0.2) is 9.97 Å². The minimum absolute atomic E-state index is 0.194. The molecule has 0 atom stereocenters. The number of ether oxygens (including phenoxy) is 2. The molecule has 0 spiro atoms. The maximum absolute atomic E-state index is 12.3. The third kappa shape index (κ3) is 4.52. The van der Waals surface area contributed by atoms with Gasteiger partial charge in [-0.1, -0.05) is 25.1 Å². The first kappa shape index (κ1) is 21.6. The number of hydrogen-bond acceptors (Lipinski definition) is 7. The van der Waals surface area contributed by atoms with Crippen molar-refractivity contribution in [3.8, 4) is 11.5 Å². The van der Waals surface area contributed by atoms with Crippen LogP contribution in [0.25, 0.3) is 16.6 Å². The summed E-state index contributed by atoms with van der Waals surface area (Å²) in [7, 11) is 1.56. The van der Waals surface area contributed by atoms with Gasteiger partial charge in [0.1, 0.15) is 17.0 Å². The zero-order valence-corrected chi connectivity index (χ0v) is 17.4. The summed E-state index contributed by atoms with van der Waals surface area (Å²) >= 11 is 0. The van der Waals surface area contributed by atoms with E-state index in [9.17, 15) is 13.2 Å². The van der Waals surface area contributed by atoms with Crippen LogP contribution in [-0.2, 0) is 13.1 Å². The number of aromatic nitrogens is 4. The molecule has 11 heteroatoms. The lowest BCUT2D eigenvalue weighted by Crippen LogP contribution is -2.23. The minimum atomic E-state index is -4.71. The van der Waals surface area contributed by atoms with Crippen molar-refractivity contribution in [3.05, 3.63) is 53.9 Å². The summed E-state index contributed by atoms with van der Waals surface area (Å²) in [6.45, 7) is 3.58. The van der Waals surface area contributed by atoms with Gasteiger partial charge >= 0.3 is 6.36 Å². The summed E-state index contributed by atoms with van der Waals surface area (Å²) < 4.78 is 47.8. The third-order valence-electron chi connectivity index (χ3n) is 4.93. The Morgan fingerprint density at radius 2 is 1.81 bits per heavy atom. The maximum atomic E-state index is 12.3. The molecule has 0 saturated carbocycles. The summed E-state index contributed by atoms with van der Waals surface area (Å²) in [5, 5.41) is 5.26. The fraction of sp³-hybridized carbons (Fsp3) is 0.286. The smallest absolute Gasteiger partial charge is 0.494 e. The van der Waals surface area contributed by atoms with Crippen LogP contribution < -0.4 is 15.2 Å². The molecule has 2 aromatic carbocycles. The molecule has 168 valence electrons. The van der Waals surface area contributed by atoms with E-state index in [1.165, 1.54) is 16.6 Å². The molecule has 2 aromatic heterocycles. The summed E-state index contributed by atoms with van der Waals surface area (Å²) in [4.78, 5) is 11.1. The normalized spacial score (nSPS) is 12.1. The van der Waals surface area contributed by atoms with Gasteiger partial charge in [0, 0.05) is 11.9 Å².